The van der Waals surface area contributed by atoms with Gasteiger partial charge in [0.2, 0.25) is 0 Å². The van der Waals surface area contributed by atoms with Gasteiger partial charge in [-0.1, -0.05) is 6.92 Å². The van der Waals surface area contributed by atoms with Crippen molar-refractivity contribution in [3.63, 3.8) is 0 Å². The van der Waals surface area contributed by atoms with E-state index in [1.165, 1.54) is 0 Å². The maximum atomic E-state index is 11.1. The molecule has 1 fully saturated rings. The van der Waals surface area contributed by atoms with Crippen LogP contribution in [0.1, 0.15) is 40.0 Å². The Morgan fingerprint density at radius 3 is 2.20 bits per heavy atom. The molecule has 0 aliphatic heterocycles. The minimum atomic E-state index is -3.98. The average Bonchev–Trinajstić information content (AvgIpc) is 2.00. The summed E-state index contributed by atoms with van der Waals surface area (Å²) in [5.74, 6) is -0.0841. The van der Waals surface area contributed by atoms with Crippen LogP contribution in [0.4, 0.5) is 0 Å². The van der Waals surface area contributed by atoms with Crippen LogP contribution in [0.15, 0.2) is 0 Å². The van der Waals surface area contributed by atoms with Gasteiger partial charge in [-0.05, 0) is 44.9 Å². The number of rotatable bonds is 2. The Labute approximate surface area is 91.4 Å². The second-order valence-electron chi connectivity index (χ2n) is 5.19. The molecule has 0 amide bonds. The monoisotopic (exact) mass is 236 g/mol. The summed E-state index contributed by atoms with van der Waals surface area (Å²) in [5, 5.41) is 9.12. The Bertz CT molecular complexity index is 315. The molecule has 2 N–H and O–H groups in total. The van der Waals surface area contributed by atoms with Crippen molar-refractivity contribution in [3.8, 4) is 0 Å². The molecule has 3 atom stereocenters. The van der Waals surface area contributed by atoms with Gasteiger partial charge in [0.15, 0.2) is 0 Å². The fourth-order valence-corrected chi connectivity index (χ4v) is 3.54. The van der Waals surface area contributed by atoms with E-state index in [0.29, 0.717) is 6.42 Å². The molecule has 1 aliphatic carbocycles. The summed E-state index contributed by atoms with van der Waals surface area (Å²) in [6.45, 7) is 5.21. The largest absolute Gasteiger partial charge is 0.390 e. The molecular weight excluding hydrogens is 216 g/mol. The smallest absolute Gasteiger partial charge is 0.268 e. The van der Waals surface area contributed by atoms with Crippen molar-refractivity contribution in [1.29, 1.82) is 0 Å². The Balaban J connectivity index is 2.82. The Hall–Kier alpha value is -0.130. The molecule has 15 heavy (non-hydrogen) atoms. The van der Waals surface area contributed by atoms with Crippen molar-refractivity contribution in [3.05, 3.63) is 0 Å². The lowest BCUT2D eigenvalue weighted by atomic mass is 9.75. The number of aliphatic hydroxyl groups is 1. The fourth-order valence-electron chi connectivity index (χ4n) is 2.34. The van der Waals surface area contributed by atoms with Crippen molar-refractivity contribution in [2.75, 3.05) is 0 Å². The van der Waals surface area contributed by atoms with Gasteiger partial charge in [0.1, 0.15) is 0 Å². The highest BCUT2D eigenvalue weighted by Crippen LogP contribution is 2.37. The van der Waals surface area contributed by atoms with E-state index in [-0.39, 0.29) is 11.8 Å². The van der Waals surface area contributed by atoms with Crippen molar-refractivity contribution >= 4 is 10.1 Å². The zero-order valence-electron chi connectivity index (χ0n) is 9.47. The van der Waals surface area contributed by atoms with Crippen LogP contribution in [-0.2, 0) is 10.1 Å². The molecule has 4 nitrogen and oxygen atoms in total. The molecule has 0 aromatic heterocycles. The quantitative estimate of drug-likeness (QED) is 0.712. The molecule has 90 valence electrons. The van der Waals surface area contributed by atoms with E-state index < -0.39 is 21.0 Å². The maximum Gasteiger partial charge on any atom is 0.268 e. The summed E-state index contributed by atoms with van der Waals surface area (Å²) >= 11 is 0. The first-order valence-corrected chi connectivity index (χ1v) is 6.81. The van der Waals surface area contributed by atoms with Crippen LogP contribution < -0.4 is 0 Å². The Morgan fingerprint density at radius 2 is 1.80 bits per heavy atom. The fraction of sp³-hybridized carbons (Fsp3) is 1.00. The van der Waals surface area contributed by atoms with Gasteiger partial charge in [0.25, 0.3) is 10.1 Å². The molecule has 0 radical (unpaired) electrons. The van der Waals surface area contributed by atoms with Crippen molar-refractivity contribution in [1.82, 2.24) is 0 Å². The molecule has 1 rings (SSSR count). The predicted molar refractivity (Wildman–Crippen MR) is 58.1 cm³/mol. The summed E-state index contributed by atoms with van der Waals surface area (Å²) in [4.78, 5) is 0. The molecule has 0 spiro atoms. The van der Waals surface area contributed by atoms with Gasteiger partial charge in [-0.25, -0.2) is 0 Å². The second-order valence-corrected chi connectivity index (χ2v) is 6.83. The normalized spacial score (nSPS) is 34.1. The lowest BCUT2D eigenvalue weighted by Gasteiger charge is -2.38. The molecule has 5 heteroatoms. The third kappa shape index (κ3) is 3.16. The Kier molecular flexibility index (Phi) is 3.48. The minimum Gasteiger partial charge on any atom is -0.390 e. The van der Waals surface area contributed by atoms with Gasteiger partial charge in [0, 0.05) is 0 Å². The molecule has 0 saturated heterocycles. The van der Waals surface area contributed by atoms with E-state index in [2.05, 4.69) is 0 Å². The van der Waals surface area contributed by atoms with Crippen molar-refractivity contribution in [2.45, 2.75) is 50.9 Å². The highest BCUT2D eigenvalue weighted by Gasteiger charge is 2.40. The second kappa shape index (κ2) is 4.03. The van der Waals surface area contributed by atoms with Crippen LogP contribution in [0.2, 0.25) is 0 Å². The van der Waals surface area contributed by atoms with E-state index in [1.54, 1.807) is 13.8 Å². The van der Waals surface area contributed by atoms with E-state index >= 15 is 0 Å². The lowest BCUT2D eigenvalue weighted by Crippen LogP contribution is -2.42. The van der Waals surface area contributed by atoms with Crippen LogP contribution in [0.3, 0.4) is 0 Å². The molecule has 0 aromatic carbocycles. The minimum absolute atomic E-state index is 0.0291. The first-order chi connectivity index (χ1) is 6.62. The van der Waals surface area contributed by atoms with Gasteiger partial charge in [-0.15, -0.1) is 0 Å². The van der Waals surface area contributed by atoms with Crippen LogP contribution >= 0.6 is 0 Å². The predicted octanol–water partition coefficient (Wildman–Crippen LogP) is 1.45. The van der Waals surface area contributed by atoms with E-state index in [1.807, 2.05) is 6.92 Å². The van der Waals surface area contributed by atoms with E-state index in [9.17, 15) is 13.5 Å². The van der Waals surface area contributed by atoms with E-state index in [4.69, 9.17) is 4.55 Å². The topological polar surface area (TPSA) is 74.6 Å². The van der Waals surface area contributed by atoms with Gasteiger partial charge in [-0.2, -0.15) is 8.42 Å². The molecule has 0 bridgehead atoms. The molecular formula is C10H20O4S. The average molecular weight is 236 g/mol. The van der Waals surface area contributed by atoms with Gasteiger partial charge in [0.05, 0.1) is 10.9 Å². The summed E-state index contributed by atoms with van der Waals surface area (Å²) in [7, 11) is -3.98. The van der Waals surface area contributed by atoms with E-state index in [0.717, 1.165) is 12.8 Å². The summed E-state index contributed by atoms with van der Waals surface area (Å²) in [6, 6.07) is 0. The number of hydrogen-bond acceptors (Lipinski definition) is 3. The summed E-state index contributed by atoms with van der Waals surface area (Å²) in [6.07, 6.45) is 1.90. The van der Waals surface area contributed by atoms with Gasteiger partial charge >= 0.3 is 0 Å². The summed E-state index contributed by atoms with van der Waals surface area (Å²) < 4.78 is 31.4. The highest BCUT2D eigenvalue weighted by atomic mass is 32.2. The van der Waals surface area contributed by atoms with Crippen LogP contribution in [0.5, 0.6) is 0 Å². The lowest BCUT2D eigenvalue weighted by molar-refractivity contribution is -0.00418. The standard InChI is InChI=1S/C10H20O4S/c1-7-4-5-8(10(2,3)11)6-9(7)15(12,13)14/h7-9,11H,4-6H2,1-3H3,(H,12,13,14)/t7-,8+,9+/m1/s1. The molecule has 1 saturated carbocycles. The third-order valence-electron chi connectivity index (χ3n) is 3.50. The molecule has 0 unspecified atom stereocenters. The highest BCUT2D eigenvalue weighted by molar-refractivity contribution is 7.86. The van der Waals surface area contributed by atoms with Crippen molar-refractivity contribution < 1.29 is 18.1 Å². The molecule has 0 heterocycles. The first kappa shape index (κ1) is 12.9. The SMILES string of the molecule is C[C@@H]1CC[C@H](C(C)(C)O)C[C@@H]1S(=O)(=O)O. The molecule has 1 aliphatic rings. The third-order valence-corrected chi connectivity index (χ3v) is 4.93. The van der Waals surface area contributed by atoms with Crippen LogP contribution in [-0.4, -0.2) is 28.9 Å². The van der Waals surface area contributed by atoms with Gasteiger partial charge in [-0.3, -0.25) is 4.55 Å². The Morgan fingerprint density at radius 1 is 1.27 bits per heavy atom. The summed E-state index contributed by atoms with van der Waals surface area (Å²) in [5.41, 5.74) is -0.872. The van der Waals surface area contributed by atoms with Gasteiger partial charge < -0.3 is 5.11 Å². The zero-order chi connectivity index (χ0) is 11.9. The van der Waals surface area contributed by atoms with Crippen LogP contribution in [0.25, 0.3) is 0 Å². The maximum absolute atomic E-state index is 11.1. The number of hydrogen-bond donors (Lipinski definition) is 2. The molecule has 0 aromatic rings. The van der Waals surface area contributed by atoms with Crippen LogP contribution in [0, 0.1) is 11.8 Å². The zero-order valence-corrected chi connectivity index (χ0v) is 10.3. The van der Waals surface area contributed by atoms with Crippen molar-refractivity contribution in [2.24, 2.45) is 11.8 Å². The first-order valence-electron chi connectivity index (χ1n) is 5.31.